The molecule has 0 atom stereocenters. The summed E-state index contributed by atoms with van der Waals surface area (Å²) in [5, 5.41) is 7.99. The summed E-state index contributed by atoms with van der Waals surface area (Å²) in [6, 6.07) is 4.44. The lowest BCUT2D eigenvalue weighted by atomic mass is 10.3. The standard InChI is InChI=1S/C16H24N4O2S/c21-15(17-10-14-2-1-9-23-14)11-19-5-7-20(8-6-19)12-16(22)18-13-3-4-13/h1-2,9,13H,3-8,10-12H2,(H,17,21)(H,18,22). The van der Waals surface area contributed by atoms with Crippen molar-refractivity contribution >= 4 is 23.2 Å². The minimum absolute atomic E-state index is 0.0679. The van der Waals surface area contributed by atoms with Gasteiger partial charge < -0.3 is 10.6 Å². The summed E-state index contributed by atoms with van der Waals surface area (Å²) in [5.74, 6) is 0.202. The fraction of sp³-hybridized carbons (Fsp3) is 0.625. The average molecular weight is 336 g/mol. The molecule has 0 unspecified atom stereocenters. The van der Waals surface area contributed by atoms with Crippen LogP contribution in [0.2, 0.25) is 0 Å². The van der Waals surface area contributed by atoms with Gasteiger partial charge in [0.05, 0.1) is 19.6 Å². The highest BCUT2D eigenvalue weighted by atomic mass is 32.1. The van der Waals surface area contributed by atoms with Gasteiger partial charge in [-0.15, -0.1) is 11.3 Å². The van der Waals surface area contributed by atoms with Crippen LogP contribution in [0, 0.1) is 0 Å². The molecule has 0 spiro atoms. The monoisotopic (exact) mass is 336 g/mol. The van der Waals surface area contributed by atoms with Crippen molar-refractivity contribution in [2.45, 2.75) is 25.4 Å². The predicted molar refractivity (Wildman–Crippen MR) is 90.2 cm³/mol. The van der Waals surface area contributed by atoms with Crippen LogP contribution in [0.4, 0.5) is 0 Å². The van der Waals surface area contributed by atoms with E-state index >= 15 is 0 Å². The molecule has 1 aliphatic carbocycles. The lowest BCUT2D eigenvalue weighted by Gasteiger charge is -2.33. The van der Waals surface area contributed by atoms with Crippen molar-refractivity contribution in [2.24, 2.45) is 0 Å². The third kappa shape index (κ3) is 5.60. The average Bonchev–Trinajstić information content (AvgIpc) is 3.18. The Bertz CT molecular complexity index is 522. The molecule has 126 valence electrons. The van der Waals surface area contributed by atoms with Gasteiger partial charge in [0.2, 0.25) is 11.8 Å². The van der Waals surface area contributed by atoms with Gasteiger partial charge in [-0.25, -0.2) is 0 Å². The summed E-state index contributed by atoms with van der Waals surface area (Å²) in [6.45, 7) is 4.89. The van der Waals surface area contributed by atoms with Crippen LogP contribution in [0.5, 0.6) is 0 Å². The maximum atomic E-state index is 12.0. The number of rotatable bonds is 7. The fourth-order valence-corrected chi connectivity index (χ4v) is 3.31. The molecule has 7 heteroatoms. The molecule has 2 fully saturated rings. The van der Waals surface area contributed by atoms with Crippen LogP contribution in [-0.4, -0.2) is 66.9 Å². The van der Waals surface area contributed by atoms with E-state index in [0.717, 1.165) is 39.0 Å². The lowest BCUT2D eigenvalue weighted by Crippen LogP contribution is -2.51. The Morgan fingerprint density at radius 3 is 2.30 bits per heavy atom. The Balaban J connectivity index is 1.30. The number of amides is 2. The number of nitrogens with one attached hydrogen (secondary N) is 2. The van der Waals surface area contributed by atoms with E-state index in [4.69, 9.17) is 0 Å². The van der Waals surface area contributed by atoms with Gasteiger partial charge in [0.25, 0.3) is 0 Å². The van der Waals surface area contributed by atoms with E-state index in [1.54, 1.807) is 11.3 Å². The molecule has 0 aromatic carbocycles. The number of hydrogen-bond donors (Lipinski definition) is 2. The maximum Gasteiger partial charge on any atom is 0.234 e. The van der Waals surface area contributed by atoms with Crippen LogP contribution in [0.25, 0.3) is 0 Å². The van der Waals surface area contributed by atoms with E-state index in [1.807, 2.05) is 17.5 Å². The molecule has 2 aliphatic rings. The number of carbonyl (C=O) groups excluding carboxylic acids is 2. The van der Waals surface area contributed by atoms with Gasteiger partial charge in [-0.1, -0.05) is 6.07 Å². The number of thiophene rings is 1. The quantitative estimate of drug-likeness (QED) is 0.750. The molecule has 1 aromatic heterocycles. The normalized spacial score (nSPS) is 19.5. The highest BCUT2D eigenvalue weighted by Crippen LogP contribution is 2.18. The molecule has 3 rings (SSSR count). The van der Waals surface area contributed by atoms with Crippen LogP contribution in [0.3, 0.4) is 0 Å². The van der Waals surface area contributed by atoms with Crippen molar-refractivity contribution in [1.82, 2.24) is 20.4 Å². The molecule has 23 heavy (non-hydrogen) atoms. The maximum absolute atomic E-state index is 12.0. The molecule has 2 amide bonds. The van der Waals surface area contributed by atoms with E-state index in [0.29, 0.717) is 25.7 Å². The Labute approximate surface area is 140 Å². The van der Waals surface area contributed by atoms with Crippen LogP contribution in [-0.2, 0) is 16.1 Å². The Hall–Kier alpha value is -1.44. The second kappa shape index (κ2) is 7.90. The Kier molecular flexibility index (Phi) is 5.64. The predicted octanol–water partition coefficient (Wildman–Crippen LogP) is 0.261. The zero-order valence-electron chi connectivity index (χ0n) is 13.3. The van der Waals surface area contributed by atoms with Crippen molar-refractivity contribution in [3.63, 3.8) is 0 Å². The first kappa shape index (κ1) is 16.4. The molecule has 1 saturated carbocycles. The highest BCUT2D eigenvalue weighted by molar-refractivity contribution is 7.09. The van der Waals surface area contributed by atoms with E-state index in [1.165, 1.54) is 4.88 Å². The molecule has 1 aliphatic heterocycles. The van der Waals surface area contributed by atoms with E-state index in [2.05, 4.69) is 20.4 Å². The van der Waals surface area contributed by atoms with Crippen molar-refractivity contribution in [1.29, 1.82) is 0 Å². The van der Waals surface area contributed by atoms with Gasteiger partial charge in [-0.2, -0.15) is 0 Å². The molecule has 6 nitrogen and oxygen atoms in total. The summed E-state index contributed by atoms with van der Waals surface area (Å²) in [7, 11) is 0. The SMILES string of the molecule is O=C(CN1CCN(CC(=O)NC2CC2)CC1)NCc1cccs1. The van der Waals surface area contributed by atoms with Crippen LogP contribution in [0.15, 0.2) is 17.5 Å². The van der Waals surface area contributed by atoms with Crippen LogP contribution >= 0.6 is 11.3 Å². The first-order valence-corrected chi connectivity index (χ1v) is 9.10. The molecular weight excluding hydrogens is 312 g/mol. The molecular formula is C16H24N4O2S. The molecule has 1 aromatic rings. The van der Waals surface area contributed by atoms with E-state index in [-0.39, 0.29) is 11.8 Å². The summed E-state index contributed by atoms with van der Waals surface area (Å²) in [5.41, 5.74) is 0. The van der Waals surface area contributed by atoms with Crippen molar-refractivity contribution < 1.29 is 9.59 Å². The number of hydrogen-bond acceptors (Lipinski definition) is 5. The Morgan fingerprint density at radius 2 is 1.74 bits per heavy atom. The smallest absolute Gasteiger partial charge is 0.234 e. The third-order valence-electron chi connectivity index (χ3n) is 4.18. The van der Waals surface area contributed by atoms with Crippen molar-refractivity contribution in [3.05, 3.63) is 22.4 Å². The van der Waals surface area contributed by atoms with Crippen molar-refractivity contribution in [3.8, 4) is 0 Å². The van der Waals surface area contributed by atoms with Gasteiger partial charge in [0.15, 0.2) is 0 Å². The molecule has 0 bridgehead atoms. The minimum atomic E-state index is 0.0679. The number of piperazine rings is 1. The zero-order valence-corrected chi connectivity index (χ0v) is 14.1. The number of nitrogens with zero attached hydrogens (tertiary/aromatic N) is 2. The second-order valence-electron chi connectivity index (χ2n) is 6.25. The number of carbonyl (C=O) groups is 2. The van der Waals surface area contributed by atoms with Crippen LogP contribution < -0.4 is 10.6 Å². The minimum Gasteiger partial charge on any atom is -0.352 e. The first-order valence-electron chi connectivity index (χ1n) is 8.22. The highest BCUT2D eigenvalue weighted by Gasteiger charge is 2.25. The van der Waals surface area contributed by atoms with Gasteiger partial charge in [-0.3, -0.25) is 19.4 Å². The Morgan fingerprint density at radius 1 is 1.09 bits per heavy atom. The van der Waals surface area contributed by atoms with Crippen LogP contribution in [0.1, 0.15) is 17.7 Å². The van der Waals surface area contributed by atoms with Gasteiger partial charge >= 0.3 is 0 Å². The summed E-state index contributed by atoms with van der Waals surface area (Å²) in [6.07, 6.45) is 2.25. The summed E-state index contributed by atoms with van der Waals surface area (Å²) in [4.78, 5) is 29.2. The molecule has 2 heterocycles. The van der Waals surface area contributed by atoms with Gasteiger partial charge in [-0.05, 0) is 24.3 Å². The zero-order chi connectivity index (χ0) is 16.1. The van der Waals surface area contributed by atoms with Crippen molar-refractivity contribution in [2.75, 3.05) is 39.3 Å². The van der Waals surface area contributed by atoms with E-state index in [9.17, 15) is 9.59 Å². The van der Waals surface area contributed by atoms with E-state index < -0.39 is 0 Å². The molecule has 2 N–H and O–H groups in total. The first-order chi connectivity index (χ1) is 11.2. The lowest BCUT2D eigenvalue weighted by molar-refractivity contribution is -0.125. The van der Waals surface area contributed by atoms with Gasteiger partial charge in [0, 0.05) is 37.1 Å². The van der Waals surface area contributed by atoms with Gasteiger partial charge in [0.1, 0.15) is 0 Å². The fourth-order valence-electron chi connectivity index (χ4n) is 2.67. The summed E-state index contributed by atoms with van der Waals surface area (Å²) >= 11 is 1.65. The summed E-state index contributed by atoms with van der Waals surface area (Å²) < 4.78 is 0. The second-order valence-corrected chi connectivity index (χ2v) is 7.28. The molecule has 1 saturated heterocycles. The molecule has 0 radical (unpaired) electrons. The third-order valence-corrected chi connectivity index (χ3v) is 5.06. The largest absolute Gasteiger partial charge is 0.352 e. The topological polar surface area (TPSA) is 64.7 Å².